The summed E-state index contributed by atoms with van der Waals surface area (Å²) < 4.78 is 0. The molecule has 0 aliphatic rings. The molecule has 0 aromatic heterocycles. The summed E-state index contributed by atoms with van der Waals surface area (Å²) in [6.07, 6.45) is 0. The molecule has 4 N–H and O–H groups in total. The summed E-state index contributed by atoms with van der Waals surface area (Å²) in [5.41, 5.74) is 6.49. The van der Waals surface area contributed by atoms with Gasteiger partial charge in [-0.15, -0.1) is 0 Å². The lowest BCUT2D eigenvalue weighted by molar-refractivity contribution is -0.138. The Bertz CT molecular complexity index is 493. The summed E-state index contributed by atoms with van der Waals surface area (Å²) in [6, 6.07) is 4.15. The van der Waals surface area contributed by atoms with Crippen molar-refractivity contribution in [3.05, 3.63) is 23.2 Å². The fraction of sp³-hybridized carbons (Fsp3) is 0.333. The Morgan fingerprint density at radius 2 is 2.16 bits per heavy atom. The van der Waals surface area contributed by atoms with Crippen molar-refractivity contribution < 1.29 is 14.7 Å². The van der Waals surface area contributed by atoms with Crippen LogP contribution in [0.25, 0.3) is 0 Å². The van der Waals surface area contributed by atoms with E-state index in [9.17, 15) is 9.59 Å². The van der Waals surface area contributed by atoms with Gasteiger partial charge >= 0.3 is 5.97 Å². The van der Waals surface area contributed by atoms with Gasteiger partial charge in [-0.25, -0.2) is 0 Å². The molecule has 0 radical (unpaired) electrons. The summed E-state index contributed by atoms with van der Waals surface area (Å²) >= 11 is 5.94. The van der Waals surface area contributed by atoms with Gasteiger partial charge in [-0.3, -0.25) is 14.5 Å². The van der Waals surface area contributed by atoms with Gasteiger partial charge in [0.05, 0.1) is 23.3 Å². The van der Waals surface area contributed by atoms with Crippen LogP contribution in [-0.4, -0.2) is 41.5 Å². The summed E-state index contributed by atoms with van der Waals surface area (Å²) in [6.45, 7) is 1.40. The van der Waals surface area contributed by atoms with E-state index in [0.717, 1.165) is 0 Å². The normalized spacial score (nSPS) is 12.2. The Hall–Kier alpha value is -1.79. The van der Waals surface area contributed by atoms with E-state index in [-0.39, 0.29) is 12.5 Å². The number of rotatable bonds is 5. The molecule has 6 nitrogen and oxygen atoms in total. The van der Waals surface area contributed by atoms with E-state index < -0.39 is 12.0 Å². The van der Waals surface area contributed by atoms with E-state index in [0.29, 0.717) is 16.4 Å². The number of nitrogens with two attached hydrogens (primary N) is 1. The molecular formula is C12H16ClN3O3. The van der Waals surface area contributed by atoms with Gasteiger partial charge in [0.15, 0.2) is 0 Å². The molecule has 1 aromatic carbocycles. The first-order chi connectivity index (χ1) is 8.81. The third kappa shape index (κ3) is 4.42. The average molecular weight is 286 g/mol. The van der Waals surface area contributed by atoms with Crippen LogP contribution in [0.3, 0.4) is 0 Å². The van der Waals surface area contributed by atoms with Crippen LogP contribution in [0.15, 0.2) is 18.2 Å². The Morgan fingerprint density at radius 3 is 2.68 bits per heavy atom. The molecule has 1 atom stereocenters. The molecule has 0 bridgehead atoms. The number of benzene rings is 1. The molecule has 1 rings (SSSR count). The van der Waals surface area contributed by atoms with Gasteiger partial charge in [-0.05, 0) is 32.2 Å². The van der Waals surface area contributed by atoms with Crippen molar-refractivity contribution in [2.45, 2.75) is 13.0 Å². The number of likely N-dealkylation sites (N-methyl/N-ethyl adjacent to an activating group) is 1. The zero-order valence-corrected chi connectivity index (χ0v) is 11.4. The molecule has 1 unspecified atom stereocenters. The number of hydrogen-bond acceptors (Lipinski definition) is 4. The molecule has 1 amide bonds. The summed E-state index contributed by atoms with van der Waals surface area (Å²) in [7, 11) is 1.56. The quantitative estimate of drug-likeness (QED) is 0.708. The first-order valence-electron chi connectivity index (χ1n) is 5.59. The van der Waals surface area contributed by atoms with Crippen molar-refractivity contribution in [3.8, 4) is 0 Å². The van der Waals surface area contributed by atoms with Gasteiger partial charge in [-0.1, -0.05) is 11.6 Å². The second-order valence-corrected chi connectivity index (χ2v) is 4.62. The number of halogens is 1. The van der Waals surface area contributed by atoms with E-state index in [2.05, 4.69) is 5.32 Å². The summed E-state index contributed by atoms with van der Waals surface area (Å²) in [5, 5.41) is 11.6. The third-order valence-corrected chi connectivity index (χ3v) is 2.99. The lowest BCUT2D eigenvalue weighted by Crippen LogP contribution is -2.42. The lowest BCUT2D eigenvalue weighted by atomic mass is 10.2. The second kappa shape index (κ2) is 6.40. The Kier molecular flexibility index (Phi) is 5.14. The van der Waals surface area contributed by atoms with Crippen LogP contribution in [0.1, 0.15) is 6.92 Å². The monoisotopic (exact) mass is 285 g/mol. The highest BCUT2D eigenvalue weighted by Crippen LogP contribution is 2.24. The van der Waals surface area contributed by atoms with Crippen LogP contribution >= 0.6 is 11.6 Å². The molecule has 0 spiro atoms. The third-order valence-electron chi connectivity index (χ3n) is 2.68. The first kappa shape index (κ1) is 15.3. The zero-order chi connectivity index (χ0) is 14.6. The van der Waals surface area contributed by atoms with Gasteiger partial charge in [-0.2, -0.15) is 0 Å². The number of carbonyl (C=O) groups excluding carboxylic acids is 1. The molecule has 104 valence electrons. The molecule has 0 aliphatic heterocycles. The van der Waals surface area contributed by atoms with E-state index in [1.807, 2.05) is 0 Å². The highest BCUT2D eigenvalue weighted by atomic mass is 35.5. The number of hydrogen-bond donors (Lipinski definition) is 3. The van der Waals surface area contributed by atoms with Crippen LogP contribution in [0, 0.1) is 0 Å². The first-order valence-corrected chi connectivity index (χ1v) is 5.97. The number of amides is 1. The maximum Gasteiger partial charge on any atom is 0.317 e. The molecule has 0 heterocycles. The molecule has 0 fully saturated rings. The topological polar surface area (TPSA) is 95.7 Å². The van der Waals surface area contributed by atoms with E-state index in [1.54, 1.807) is 26.1 Å². The van der Waals surface area contributed by atoms with E-state index in [4.69, 9.17) is 22.4 Å². The molecule has 0 aliphatic carbocycles. The Labute approximate surface area is 116 Å². The van der Waals surface area contributed by atoms with Gasteiger partial charge in [0.25, 0.3) is 0 Å². The van der Waals surface area contributed by atoms with Crippen molar-refractivity contribution >= 4 is 34.9 Å². The number of anilines is 2. The molecular weight excluding hydrogens is 270 g/mol. The van der Waals surface area contributed by atoms with Crippen LogP contribution in [0.5, 0.6) is 0 Å². The number of nitrogen functional groups attached to an aromatic ring is 1. The van der Waals surface area contributed by atoms with Crippen LogP contribution in [0.4, 0.5) is 11.4 Å². The van der Waals surface area contributed by atoms with Crippen LogP contribution in [0.2, 0.25) is 5.02 Å². The van der Waals surface area contributed by atoms with E-state index >= 15 is 0 Å². The molecule has 0 saturated heterocycles. The van der Waals surface area contributed by atoms with Gasteiger partial charge in [0.1, 0.15) is 0 Å². The lowest BCUT2D eigenvalue weighted by Gasteiger charge is -2.22. The molecule has 0 saturated carbocycles. The maximum absolute atomic E-state index is 11.9. The predicted molar refractivity (Wildman–Crippen MR) is 74.2 cm³/mol. The van der Waals surface area contributed by atoms with Crippen molar-refractivity contribution in [3.63, 3.8) is 0 Å². The van der Waals surface area contributed by atoms with Crippen molar-refractivity contribution in [1.29, 1.82) is 0 Å². The highest BCUT2D eigenvalue weighted by Gasteiger charge is 2.20. The van der Waals surface area contributed by atoms with Gasteiger partial charge in [0, 0.05) is 5.69 Å². The minimum Gasteiger partial charge on any atom is -0.480 e. The molecule has 1 aromatic rings. The number of carbonyl (C=O) groups is 2. The number of carboxylic acids is 1. The fourth-order valence-electron chi connectivity index (χ4n) is 1.42. The summed E-state index contributed by atoms with van der Waals surface area (Å²) in [4.78, 5) is 23.9. The highest BCUT2D eigenvalue weighted by molar-refractivity contribution is 6.34. The smallest absolute Gasteiger partial charge is 0.317 e. The minimum atomic E-state index is -0.993. The standard InChI is InChI=1S/C12H16ClN3O3/c1-7(16(2)6-11(17)18)12(19)15-10-4-3-8(14)5-9(10)13/h3-5,7H,6,14H2,1-2H3,(H,15,19)(H,17,18). The van der Waals surface area contributed by atoms with Crippen molar-refractivity contribution in [2.24, 2.45) is 0 Å². The van der Waals surface area contributed by atoms with Crippen LogP contribution < -0.4 is 11.1 Å². The number of nitrogens with one attached hydrogen (secondary N) is 1. The predicted octanol–water partition coefficient (Wildman–Crippen LogP) is 1.27. The largest absolute Gasteiger partial charge is 0.480 e. The molecule has 7 heteroatoms. The minimum absolute atomic E-state index is 0.218. The fourth-order valence-corrected chi connectivity index (χ4v) is 1.66. The SMILES string of the molecule is CC(C(=O)Nc1ccc(N)cc1Cl)N(C)CC(=O)O. The Morgan fingerprint density at radius 1 is 1.53 bits per heavy atom. The zero-order valence-electron chi connectivity index (χ0n) is 10.7. The van der Waals surface area contributed by atoms with Crippen molar-refractivity contribution in [2.75, 3.05) is 24.6 Å². The van der Waals surface area contributed by atoms with E-state index in [1.165, 1.54) is 11.0 Å². The average Bonchev–Trinajstić information content (AvgIpc) is 2.30. The van der Waals surface area contributed by atoms with Crippen LogP contribution in [-0.2, 0) is 9.59 Å². The Balaban J connectivity index is 2.71. The summed E-state index contributed by atoms with van der Waals surface area (Å²) in [5.74, 6) is -1.33. The van der Waals surface area contributed by atoms with Gasteiger partial charge < -0.3 is 16.2 Å². The number of nitrogens with zero attached hydrogens (tertiary/aromatic N) is 1. The molecule has 19 heavy (non-hydrogen) atoms. The second-order valence-electron chi connectivity index (χ2n) is 4.21. The van der Waals surface area contributed by atoms with Crippen molar-refractivity contribution in [1.82, 2.24) is 4.90 Å². The number of aliphatic carboxylic acids is 1. The number of carboxylic acid groups (broad SMARTS) is 1. The maximum atomic E-state index is 11.9. The van der Waals surface area contributed by atoms with Gasteiger partial charge in [0.2, 0.25) is 5.91 Å².